The number of carbonyl (C=O) groups excluding carboxylic acids is 1. The van der Waals surface area contributed by atoms with Crippen LogP contribution in [0.4, 0.5) is 4.79 Å². The van der Waals surface area contributed by atoms with Crippen molar-refractivity contribution in [2.24, 2.45) is 17.4 Å². The quantitative estimate of drug-likeness (QED) is 0.280. The zero-order valence-electron chi connectivity index (χ0n) is 7.87. The second-order valence-electron chi connectivity index (χ2n) is 2.28. The number of urea groups is 1. The fraction of sp³-hybridized carbons (Fsp3) is 0. The van der Waals surface area contributed by atoms with E-state index < -0.39 is 12.0 Å². The number of carboxylic acids is 1. The molecule has 2 amide bonds. The number of rotatable bonds is 1. The van der Waals surface area contributed by atoms with Gasteiger partial charge in [0.2, 0.25) is 0 Å². The Morgan fingerprint density at radius 2 is 1.88 bits per heavy atom. The fourth-order valence-corrected chi connectivity index (χ4v) is 0.593. The maximum absolute atomic E-state index is 10.2. The van der Waals surface area contributed by atoms with Crippen LogP contribution in [0.2, 0.25) is 5.15 Å². The number of primary amides is 1. The van der Waals surface area contributed by atoms with Crippen LogP contribution in [-0.2, 0) is 0 Å². The van der Waals surface area contributed by atoms with E-state index in [2.05, 4.69) is 27.4 Å². The highest BCUT2D eigenvalue weighted by molar-refractivity contribution is 6.29. The lowest BCUT2D eigenvalue weighted by atomic mass is 10.5. The van der Waals surface area contributed by atoms with Crippen molar-refractivity contribution in [1.29, 1.82) is 0 Å². The van der Waals surface area contributed by atoms with Crippen molar-refractivity contribution in [2.45, 2.75) is 0 Å². The molecule has 1 aromatic rings. The molecule has 0 unspecified atom stereocenters. The maximum Gasteiger partial charge on any atom is 0.356 e. The van der Waals surface area contributed by atoms with Crippen molar-refractivity contribution in [2.75, 3.05) is 0 Å². The van der Waals surface area contributed by atoms with Gasteiger partial charge in [-0.15, -0.1) is 0 Å². The summed E-state index contributed by atoms with van der Waals surface area (Å²) in [5.74, 6) is 8.01. The Bertz CT molecular complexity index is 384. The lowest BCUT2D eigenvalue weighted by molar-refractivity contribution is 0.0690. The Balaban J connectivity index is 0.000000325. The first-order valence-corrected chi connectivity index (χ1v) is 4.02. The van der Waals surface area contributed by atoms with E-state index in [1.807, 2.05) is 0 Å². The summed E-state index contributed by atoms with van der Waals surface area (Å²) in [4.78, 5) is 26.8. The van der Waals surface area contributed by atoms with Gasteiger partial charge >= 0.3 is 12.0 Å². The predicted molar refractivity (Wildman–Crippen MR) is 53.8 cm³/mol. The first kappa shape index (κ1) is 14.0. The zero-order chi connectivity index (χ0) is 12.7. The molecule has 0 atom stereocenters. The third-order valence-electron chi connectivity index (χ3n) is 1.08. The minimum Gasteiger partial charge on any atom is -0.476 e. The smallest absolute Gasteiger partial charge is 0.356 e. The van der Waals surface area contributed by atoms with E-state index in [-0.39, 0.29) is 10.8 Å². The average molecular weight is 249 g/mol. The third kappa shape index (κ3) is 5.70. The van der Waals surface area contributed by atoms with Crippen molar-refractivity contribution < 1.29 is 14.7 Å². The van der Waals surface area contributed by atoms with Crippen molar-refractivity contribution >= 4 is 23.6 Å². The van der Waals surface area contributed by atoms with E-state index in [1.54, 1.807) is 0 Å². The summed E-state index contributed by atoms with van der Waals surface area (Å²) >= 11 is 5.35. The van der Waals surface area contributed by atoms with E-state index in [1.165, 1.54) is 6.20 Å². The highest BCUT2D eigenvalue weighted by Gasteiger charge is 2.03. The summed E-state index contributed by atoms with van der Waals surface area (Å²) in [5, 5.41) is 8.74. The van der Waals surface area contributed by atoms with Gasteiger partial charge in [0.1, 0.15) is 5.15 Å². The lowest BCUT2D eigenvalue weighted by Crippen LogP contribution is -2.46. The molecule has 0 aromatic carbocycles. The molecule has 0 aliphatic heterocycles. The second kappa shape index (κ2) is 6.50. The Labute approximate surface area is 94.7 Å². The van der Waals surface area contributed by atoms with Gasteiger partial charge in [-0.2, -0.15) is 5.12 Å². The van der Waals surface area contributed by atoms with Gasteiger partial charge in [-0.3, -0.25) is 4.98 Å². The maximum atomic E-state index is 10.2. The summed E-state index contributed by atoms with van der Waals surface area (Å²) in [6.07, 6.45) is 2.40. The first-order chi connectivity index (χ1) is 7.34. The fourth-order valence-electron chi connectivity index (χ4n) is 0.445. The number of amides is 2. The first-order valence-electron chi connectivity index (χ1n) is 3.64. The molecule has 1 rings (SSSR count). The van der Waals surface area contributed by atoms with Gasteiger partial charge in [0.15, 0.2) is 5.69 Å². The van der Waals surface area contributed by atoms with E-state index in [0.29, 0.717) is 5.12 Å². The van der Waals surface area contributed by atoms with Crippen molar-refractivity contribution in [3.8, 4) is 0 Å². The van der Waals surface area contributed by atoms with E-state index in [4.69, 9.17) is 16.7 Å². The molecule has 0 aliphatic rings. The number of aromatic nitrogens is 2. The van der Waals surface area contributed by atoms with Gasteiger partial charge < -0.3 is 10.8 Å². The highest BCUT2D eigenvalue weighted by Crippen LogP contribution is 2.01. The molecule has 16 heavy (non-hydrogen) atoms. The Hall–Kier alpha value is -1.97. The molecule has 0 radical (unpaired) electrons. The highest BCUT2D eigenvalue weighted by atomic mass is 35.5. The molecular weight excluding hydrogens is 240 g/mol. The number of aromatic carboxylic acids is 1. The van der Waals surface area contributed by atoms with Crippen LogP contribution in [0.25, 0.3) is 0 Å². The second-order valence-corrected chi connectivity index (χ2v) is 2.66. The Morgan fingerprint density at radius 1 is 1.38 bits per heavy atom. The van der Waals surface area contributed by atoms with Gasteiger partial charge in [-0.1, -0.05) is 11.6 Å². The summed E-state index contributed by atoms with van der Waals surface area (Å²) in [5.41, 5.74) is 4.33. The average Bonchev–Trinajstić information content (AvgIpc) is 2.18. The SMILES string of the molecule is NC(=O)N(N)N.O=C(O)c1cncc(Cl)n1. The van der Waals surface area contributed by atoms with Crippen LogP contribution in [0.3, 0.4) is 0 Å². The third-order valence-corrected chi connectivity index (χ3v) is 1.26. The number of nitrogens with zero attached hydrogens (tertiary/aromatic N) is 3. The molecule has 10 heteroatoms. The van der Waals surface area contributed by atoms with Crippen LogP contribution in [0.1, 0.15) is 10.5 Å². The Kier molecular flexibility index (Phi) is 5.70. The summed E-state index contributed by atoms with van der Waals surface area (Å²) < 4.78 is 0. The monoisotopic (exact) mass is 248 g/mol. The molecule has 0 aliphatic carbocycles. The largest absolute Gasteiger partial charge is 0.476 e. The van der Waals surface area contributed by atoms with Gasteiger partial charge in [0.05, 0.1) is 12.4 Å². The van der Waals surface area contributed by atoms with Gasteiger partial charge in [-0.25, -0.2) is 26.3 Å². The number of carbonyl (C=O) groups is 2. The molecule has 7 N–H and O–H groups in total. The van der Waals surface area contributed by atoms with Crippen molar-refractivity contribution in [3.05, 3.63) is 23.2 Å². The minimum atomic E-state index is -1.13. The minimum absolute atomic E-state index is 0.0832. The van der Waals surface area contributed by atoms with E-state index in [0.717, 1.165) is 6.20 Å². The number of hydrogen-bond acceptors (Lipinski definition) is 6. The molecule has 0 fully saturated rings. The molecule has 0 saturated carbocycles. The van der Waals surface area contributed by atoms with E-state index >= 15 is 0 Å². The number of halogens is 1. The zero-order valence-corrected chi connectivity index (χ0v) is 8.63. The summed E-state index contributed by atoms with van der Waals surface area (Å²) in [6.45, 7) is 0. The number of hydrogen-bond donors (Lipinski definition) is 4. The van der Waals surface area contributed by atoms with Crippen LogP contribution in [-0.4, -0.2) is 32.2 Å². The molecular formula is C6H9ClN6O3. The summed E-state index contributed by atoms with van der Waals surface area (Å²) in [7, 11) is 0. The number of carboxylic acid groups (broad SMARTS) is 1. The topological polar surface area (TPSA) is 161 Å². The van der Waals surface area contributed by atoms with E-state index in [9.17, 15) is 9.59 Å². The van der Waals surface area contributed by atoms with Crippen molar-refractivity contribution in [3.63, 3.8) is 0 Å². The molecule has 0 saturated heterocycles. The van der Waals surface area contributed by atoms with Crippen LogP contribution in [0, 0.1) is 0 Å². The van der Waals surface area contributed by atoms with Gasteiger partial charge in [-0.05, 0) is 0 Å². The molecule has 0 bridgehead atoms. The van der Waals surface area contributed by atoms with Crippen LogP contribution in [0.15, 0.2) is 12.4 Å². The Morgan fingerprint density at radius 3 is 2.12 bits per heavy atom. The lowest BCUT2D eigenvalue weighted by Gasteiger charge is -2.00. The van der Waals surface area contributed by atoms with Crippen LogP contribution >= 0.6 is 11.6 Å². The van der Waals surface area contributed by atoms with Crippen molar-refractivity contribution in [1.82, 2.24) is 15.1 Å². The van der Waals surface area contributed by atoms with Crippen LogP contribution < -0.4 is 17.4 Å². The molecule has 88 valence electrons. The molecule has 1 aromatic heterocycles. The summed E-state index contributed by atoms with van der Waals surface area (Å²) in [6, 6.07) is -0.852. The van der Waals surface area contributed by atoms with Gasteiger partial charge in [0.25, 0.3) is 0 Å². The molecule has 0 spiro atoms. The standard InChI is InChI=1S/C5H3ClN2O2.CH6N4O/c6-4-2-7-1-3(8-4)5(9)10;2-1(6)5(3)4/h1-2H,(H,9,10);3-4H2,(H2,2,6). The predicted octanol–water partition coefficient (Wildman–Crippen LogP) is -1.06. The number of hydrazine groups is 2. The molecule has 9 nitrogen and oxygen atoms in total. The molecule has 1 heterocycles. The normalized spacial score (nSPS) is 8.69. The number of nitrogens with two attached hydrogens (primary N) is 3. The van der Waals surface area contributed by atoms with Gasteiger partial charge in [0, 0.05) is 0 Å². The van der Waals surface area contributed by atoms with Crippen LogP contribution in [0.5, 0.6) is 0 Å².